The summed E-state index contributed by atoms with van der Waals surface area (Å²) in [6, 6.07) is 4.16. The summed E-state index contributed by atoms with van der Waals surface area (Å²) in [5.74, 6) is -6.97. The van der Waals surface area contributed by atoms with E-state index in [1.54, 1.807) is 0 Å². The van der Waals surface area contributed by atoms with Crippen molar-refractivity contribution in [2.24, 2.45) is 5.92 Å². The van der Waals surface area contributed by atoms with E-state index in [1.807, 2.05) is 20.8 Å². The minimum atomic E-state index is -4.90. The lowest BCUT2D eigenvalue weighted by molar-refractivity contribution is -0.272. The molecule has 1 aromatic carbocycles. The van der Waals surface area contributed by atoms with Crippen molar-refractivity contribution in [2.45, 2.75) is 108 Å². The summed E-state index contributed by atoms with van der Waals surface area (Å²) in [7, 11) is -1.19. The van der Waals surface area contributed by atoms with Crippen LogP contribution in [0.5, 0.6) is 5.75 Å². The second-order valence-electron chi connectivity index (χ2n) is 14.5. The van der Waals surface area contributed by atoms with Crippen molar-refractivity contribution in [2.75, 3.05) is 19.0 Å². The molecular weight excluding hydrogens is 662 g/mol. The molecule has 2 heterocycles. The zero-order chi connectivity index (χ0) is 35.9. The molecule has 8 nitrogen and oxygen atoms in total. The average Bonchev–Trinajstić information content (AvgIpc) is 3.22. The van der Waals surface area contributed by atoms with Gasteiger partial charge in [0.25, 0.3) is 5.91 Å². The maximum atomic E-state index is 14.7. The van der Waals surface area contributed by atoms with Crippen LogP contribution in [0.15, 0.2) is 30.5 Å². The normalized spacial score (nSPS) is 23.8. The summed E-state index contributed by atoms with van der Waals surface area (Å²) in [5.41, 5.74) is -2.39. The molecule has 15 heteroatoms. The van der Waals surface area contributed by atoms with Crippen LogP contribution < -0.4 is 14.8 Å². The number of amides is 1. The molecule has 1 aliphatic rings. The second kappa shape index (κ2) is 13.9. The fraction of sp³-hybridized carbons (Fsp3) is 0.625. The molecule has 0 radical (unpaired) electrons. The molecule has 2 aromatic rings. The van der Waals surface area contributed by atoms with Gasteiger partial charge in [-0.05, 0) is 64.0 Å². The average molecular weight is 708 g/mol. The van der Waals surface area contributed by atoms with Crippen LogP contribution in [0.2, 0.25) is 18.1 Å². The highest BCUT2D eigenvalue weighted by molar-refractivity contribution is 7.90. The molecule has 2 N–H and O–H groups in total. The largest absolute Gasteiger partial charge is 0.598 e. The van der Waals surface area contributed by atoms with Gasteiger partial charge >= 0.3 is 6.18 Å². The quantitative estimate of drug-likeness (QED) is 0.149. The minimum absolute atomic E-state index is 0.111. The zero-order valence-corrected chi connectivity index (χ0v) is 30.5. The van der Waals surface area contributed by atoms with Crippen LogP contribution in [0.3, 0.4) is 0 Å². The molecule has 1 aromatic heterocycles. The molecule has 3 rings (SSSR count). The molecule has 6 atom stereocenters. The van der Waals surface area contributed by atoms with Gasteiger partial charge in [-0.15, -0.1) is 4.72 Å². The van der Waals surface area contributed by atoms with Gasteiger partial charge in [0.05, 0.1) is 19.4 Å². The Bertz CT molecular complexity index is 1440. The van der Waals surface area contributed by atoms with Crippen LogP contribution in [0.4, 0.5) is 27.6 Å². The number of nitrogens with zero attached hydrogens (tertiary/aromatic N) is 1. The molecule has 264 valence electrons. The van der Waals surface area contributed by atoms with Gasteiger partial charge in [0.2, 0.25) is 5.82 Å². The van der Waals surface area contributed by atoms with E-state index in [1.165, 1.54) is 25.3 Å². The monoisotopic (exact) mass is 707 g/mol. The molecule has 1 unspecified atom stereocenters. The van der Waals surface area contributed by atoms with Crippen LogP contribution in [0.25, 0.3) is 0 Å². The van der Waals surface area contributed by atoms with E-state index < -0.39 is 83.5 Å². The first-order valence-electron chi connectivity index (χ1n) is 15.2. The number of carbonyl (C=O) groups excluding carboxylic acids is 1. The molecule has 1 amide bonds. The Morgan fingerprint density at radius 3 is 2.30 bits per heavy atom. The van der Waals surface area contributed by atoms with E-state index in [9.17, 15) is 31.3 Å². The maximum Gasteiger partial charge on any atom is 0.417 e. The van der Waals surface area contributed by atoms with Crippen LogP contribution >= 0.6 is 0 Å². The number of benzene rings is 1. The number of methoxy groups -OCH3 is 1. The van der Waals surface area contributed by atoms with Crippen molar-refractivity contribution in [1.29, 1.82) is 0 Å². The van der Waals surface area contributed by atoms with Crippen molar-refractivity contribution in [3.63, 3.8) is 0 Å². The smallest absolute Gasteiger partial charge is 0.417 e. The molecule has 0 bridgehead atoms. The van der Waals surface area contributed by atoms with Crippen LogP contribution in [0, 0.1) is 17.6 Å². The number of hydrogen-bond donors (Lipinski definition) is 2. The lowest BCUT2D eigenvalue weighted by atomic mass is 9.77. The topological polar surface area (TPSA) is 105 Å². The number of pyridine rings is 1. The Labute approximate surface area is 278 Å². The van der Waals surface area contributed by atoms with E-state index in [2.05, 4.69) is 48.9 Å². The molecule has 1 aliphatic heterocycles. The van der Waals surface area contributed by atoms with Crippen molar-refractivity contribution in [1.82, 2.24) is 9.71 Å². The summed E-state index contributed by atoms with van der Waals surface area (Å²) in [4.78, 5) is 18.2. The van der Waals surface area contributed by atoms with E-state index in [4.69, 9.17) is 13.9 Å². The SMILES string of the molecule is COc1c([C@H]2[C@H](C(=O)Nc3ccnc([C@@H](CO[Si](C)(C)C(C)(C)C)N[S+]([O-])C(C)(C)C)c3)O[C@@](C)(C(F)(F)F)[C@H]2C)ccc(F)c1F. The highest BCUT2D eigenvalue weighted by Gasteiger charge is 2.66. The Balaban J connectivity index is 2.00. The number of ether oxygens (including phenoxy) is 2. The number of rotatable bonds is 10. The molecule has 0 saturated carbocycles. The number of alkyl halides is 3. The van der Waals surface area contributed by atoms with Gasteiger partial charge in [-0.2, -0.15) is 17.6 Å². The van der Waals surface area contributed by atoms with Gasteiger partial charge in [-0.3, -0.25) is 9.78 Å². The molecule has 47 heavy (non-hydrogen) atoms. The second-order valence-corrected chi connectivity index (χ2v) is 21.3. The Kier molecular flexibility index (Phi) is 11.6. The van der Waals surface area contributed by atoms with Gasteiger partial charge < -0.3 is 23.8 Å². The van der Waals surface area contributed by atoms with E-state index in [0.717, 1.165) is 26.2 Å². The lowest BCUT2D eigenvalue weighted by Gasteiger charge is -2.37. The number of hydrogen-bond acceptors (Lipinski definition) is 7. The lowest BCUT2D eigenvalue weighted by Crippen LogP contribution is -2.47. The zero-order valence-electron chi connectivity index (χ0n) is 28.7. The first-order valence-corrected chi connectivity index (χ1v) is 19.3. The minimum Gasteiger partial charge on any atom is -0.598 e. The first-order chi connectivity index (χ1) is 21.4. The summed E-state index contributed by atoms with van der Waals surface area (Å²) < 4.78 is 104. The van der Waals surface area contributed by atoms with Gasteiger partial charge in [0.15, 0.2) is 25.5 Å². The number of carbonyl (C=O) groups is 1. The Morgan fingerprint density at radius 1 is 1.15 bits per heavy atom. The fourth-order valence-electron chi connectivity index (χ4n) is 4.96. The summed E-state index contributed by atoms with van der Waals surface area (Å²) in [6.45, 7) is 18.0. The molecule has 0 spiro atoms. The molecule has 0 aliphatic carbocycles. The predicted molar refractivity (Wildman–Crippen MR) is 174 cm³/mol. The van der Waals surface area contributed by atoms with Crippen LogP contribution in [0.1, 0.15) is 78.6 Å². The third-order valence-corrected chi connectivity index (χ3v) is 15.3. The summed E-state index contributed by atoms with van der Waals surface area (Å²) in [5, 5.41) is 2.51. The fourth-order valence-corrected chi connectivity index (χ4v) is 6.78. The number of anilines is 1. The van der Waals surface area contributed by atoms with Gasteiger partial charge in [-0.1, -0.05) is 33.8 Å². The van der Waals surface area contributed by atoms with Crippen molar-refractivity contribution in [3.05, 3.63) is 53.4 Å². The maximum absolute atomic E-state index is 14.7. The van der Waals surface area contributed by atoms with E-state index in [-0.39, 0.29) is 22.9 Å². The van der Waals surface area contributed by atoms with Gasteiger partial charge in [0.1, 0.15) is 16.9 Å². The van der Waals surface area contributed by atoms with Crippen molar-refractivity contribution >= 4 is 31.3 Å². The standard InChI is InChI=1S/C32H46F5N3O5SSi/c1-18-24(20-12-13-21(33)25(34)26(20)43-9)27(45-31(18,8)32(35,36)37)28(41)39-19-14-15-38-22(16-19)23(40-46(42)29(2,3)4)17-44-47(10,11)30(5,6)7/h12-16,18,23-24,27,40H,17H2,1-11H3,(H,38,39,41)/t18-,23+,24-,27+,31+,46?/m0/s1. The van der Waals surface area contributed by atoms with E-state index >= 15 is 0 Å². The first kappa shape index (κ1) is 39.1. The van der Waals surface area contributed by atoms with Gasteiger partial charge in [-0.25, -0.2) is 4.39 Å². The number of nitrogens with one attached hydrogen (secondary N) is 2. The molecule has 1 fully saturated rings. The third-order valence-electron chi connectivity index (χ3n) is 9.20. The van der Waals surface area contributed by atoms with Crippen LogP contribution in [-0.4, -0.2) is 60.1 Å². The third kappa shape index (κ3) is 8.30. The highest BCUT2D eigenvalue weighted by atomic mass is 32.2. The highest BCUT2D eigenvalue weighted by Crippen LogP contribution is 2.55. The van der Waals surface area contributed by atoms with Gasteiger partial charge in [0, 0.05) is 40.6 Å². The Hall–Kier alpha value is -2.30. The van der Waals surface area contributed by atoms with Crippen molar-refractivity contribution in [3.8, 4) is 5.75 Å². The Morgan fingerprint density at radius 2 is 1.77 bits per heavy atom. The summed E-state index contributed by atoms with van der Waals surface area (Å²) >= 11 is -1.53. The molecular formula is C32H46F5N3O5SSi. The van der Waals surface area contributed by atoms with E-state index in [0.29, 0.717) is 5.69 Å². The molecule has 1 saturated heterocycles. The van der Waals surface area contributed by atoms with Crippen molar-refractivity contribution < 1.29 is 45.2 Å². The number of halogens is 5. The van der Waals surface area contributed by atoms with Crippen LogP contribution in [-0.2, 0) is 25.3 Å². The summed E-state index contributed by atoms with van der Waals surface area (Å²) in [6.07, 6.45) is -5.27. The number of aromatic nitrogens is 1. The predicted octanol–water partition coefficient (Wildman–Crippen LogP) is 7.56.